The summed E-state index contributed by atoms with van der Waals surface area (Å²) in [6.07, 6.45) is 9.60. The summed E-state index contributed by atoms with van der Waals surface area (Å²) in [5, 5.41) is 3.01. The van der Waals surface area contributed by atoms with Crippen LogP contribution in [0.4, 0.5) is 5.82 Å². The van der Waals surface area contributed by atoms with Gasteiger partial charge in [0.2, 0.25) is 0 Å². The van der Waals surface area contributed by atoms with Gasteiger partial charge in [-0.3, -0.25) is 4.98 Å². The van der Waals surface area contributed by atoms with Gasteiger partial charge in [-0.2, -0.15) is 0 Å². The topological polar surface area (TPSA) is 60.4 Å². The lowest BCUT2D eigenvalue weighted by Gasteiger charge is -2.39. The smallest absolute Gasteiger partial charge is 0.147 e. The van der Waals surface area contributed by atoms with Crippen LogP contribution in [0.25, 0.3) is 0 Å². The molecule has 3 heterocycles. The summed E-state index contributed by atoms with van der Waals surface area (Å²) in [7, 11) is 0. The summed E-state index contributed by atoms with van der Waals surface area (Å²) in [5.41, 5.74) is 0. The van der Waals surface area contributed by atoms with Crippen LogP contribution in [0.3, 0.4) is 0 Å². The number of anilines is 1. The van der Waals surface area contributed by atoms with Crippen molar-refractivity contribution in [2.24, 2.45) is 5.92 Å². The summed E-state index contributed by atoms with van der Waals surface area (Å²) in [5.74, 6) is 1.40. The van der Waals surface area contributed by atoms with E-state index in [1.165, 1.54) is 0 Å². The molecule has 23 heavy (non-hydrogen) atoms. The van der Waals surface area contributed by atoms with E-state index in [2.05, 4.69) is 19.9 Å². The molecule has 2 aliphatic rings. The number of aromatic nitrogens is 3. The number of fused-ring (bicyclic) bond motifs is 1. The second-order valence-electron chi connectivity index (χ2n) is 5.94. The highest BCUT2D eigenvalue weighted by Crippen LogP contribution is 2.36. The van der Waals surface area contributed by atoms with Crippen molar-refractivity contribution in [3.63, 3.8) is 0 Å². The first-order valence-electron chi connectivity index (χ1n) is 8.02. The van der Waals surface area contributed by atoms with Crippen molar-refractivity contribution in [3.8, 4) is 0 Å². The largest absolute Gasteiger partial charge is 0.374 e. The molecule has 4 rings (SSSR count). The predicted octanol–water partition coefficient (Wildman–Crippen LogP) is 2.13. The maximum atomic E-state index is 6.07. The van der Waals surface area contributed by atoms with Gasteiger partial charge >= 0.3 is 0 Å². The number of ether oxygens (including phenoxy) is 2. The molecule has 0 unspecified atom stereocenters. The summed E-state index contributed by atoms with van der Waals surface area (Å²) in [6, 6.07) is 0.383. The molecule has 2 fully saturated rings. The Hall–Kier alpha value is -1.57. The molecule has 3 atom stereocenters. The minimum atomic E-state index is 0.224. The highest BCUT2D eigenvalue weighted by Gasteiger charge is 2.43. The Bertz CT molecular complexity index is 610. The zero-order valence-corrected chi connectivity index (χ0v) is 13.7. The molecule has 7 heteroatoms. The first kappa shape index (κ1) is 15.0. The molecule has 1 saturated heterocycles. The van der Waals surface area contributed by atoms with Crippen LogP contribution in [-0.2, 0) is 16.1 Å². The molecule has 2 aromatic heterocycles. The first-order chi connectivity index (χ1) is 11.4. The van der Waals surface area contributed by atoms with E-state index in [-0.39, 0.29) is 6.10 Å². The lowest BCUT2D eigenvalue weighted by molar-refractivity contribution is -0.0309. The van der Waals surface area contributed by atoms with Gasteiger partial charge in [-0.05, 0) is 12.8 Å². The van der Waals surface area contributed by atoms with Crippen LogP contribution in [-0.4, -0.2) is 46.9 Å². The number of hydrogen-bond acceptors (Lipinski definition) is 7. The summed E-state index contributed by atoms with van der Waals surface area (Å²) < 4.78 is 11.9. The van der Waals surface area contributed by atoms with E-state index < -0.39 is 0 Å². The van der Waals surface area contributed by atoms with Crippen molar-refractivity contribution < 1.29 is 9.47 Å². The highest BCUT2D eigenvalue weighted by atomic mass is 32.1. The maximum Gasteiger partial charge on any atom is 0.147 e. The van der Waals surface area contributed by atoms with Crippen molar-refractivity contribution in [1.82, 2.24) is 15.0 Å². The second kappa shape index (κ2) is 6.90. The summed E-state index contributed by atoms with van der Waals surface area (Å²) >= 11 is 1.64. The Morgan fingerprint density at radius 1 is 1.26 bits per heavy atom. The maximum absolute atomic E-state index is 6.07. The molecule has 1 aliphatic carbocycles. The van der Waals surface area contributed by atoms with E-state index in [0.29, 0.717) is 18.6 Å². The second-order valence-corrected chi connectivity index (χ2v) is 6.92. The van der Waals surface area contributed by atoms with Gasteiger partial charge in [0, 0.05) is 36.4 Å². The van der Waals surface area contributed by atoms with Crippen molar-refractivity contribution in [2.75, 3.05) is 24.7 Å². The van der Waals surface area contributed by atoms with Gasteiger partial charge in [0.25, 0.3) is 0 Å². The molecule has 0 N–H and O–H groups in total. The Labute approximate surface area is 139 Å². The Morgan fingerprint density at radius 3 is 3.09 bits per heavy atom. The molecule has 0 amide bonds. The molecular weight excluding hydrogens is 312 g/mol. The number of rotatable bonds is 5. The van der Waals surface area contributed by atoms with Gasteiger partial charge in [0.05, 0.1) is 38.2 Å². The Balaban J connectivity index is 1.37. The molecule has 2 aromatic rings. The van der Waals surface area contributed by atoms with Crippen molar-refractivity contribution >= 4 is 17.2 Å². The number of hydrogen-bond donors (Lipinski definition) is 0. The molecule has 1 saturated carbocycles. The van der Waals surface area contributed by atoms with Crippen molar-refractivity contribution in [2.45, 2.75) is 31.6 Å². The third-order valence-electron chi connectivity index (χ3n) is 4.60. The minimum absolute atomic E-state index is 0.224. The van der Waals surface area contributed by atoms with Crippen LogP contribution in [0.1, 0.15) is 17.8 Å². The lowest BCUT2D eigenvalue weighted by Crippen LogP contribution is -2.51. The fourth-order valence-electron chi connectivity index (χ4n) is 3.58. The van der Waals surface area contributed by atoms with Crippen LogP contribution in [0, 0.1) is 5.92 Å². The quantitative estimate of drug-likeness (QED) is 0.836. The van der Waals surface area contributed by atoms with E-state index in [4.69, 9.17) is 9.47 Å². The summed E-state index contributed by atoms with van der Waals surface area (Å²) in [6.45, 7) is 2.95. The number of nitrogens with zero attached hydrogens (tertiary/aromatic N) is 4. The van der Waals surface area contributed by atoms with Crippen LogP contribution in [0.2, 0.25) is 0 Å². The van der Waals surface area contributed by atoms with E-state index in [1.54, 1.807) is 23.7 Å². The molecule has 0 aromatic carbocycles. The standard InChI is InChI=1S/C16H20N4O2S/c1-2-13-16(12(1)10-21-11-15-19-5-8-23-15)22-7-6-20(13)14-9-17-3-4-18-14/h3-5,8-9,12-13,16H,1-2,6-7,10-11H2/t12-,13+,16-/m1/s1. The molecule has 0 radical (unpaired) electrons. The first-order valence-corrected chi connectivity index (χ1v) is 8.90. The van der Waals surface area contributed by atoms with Gasteiger partial charge < -0.3 is 14.4 Å². The average Bonchev–Trinajstić information content (AvgIpc) is 3.26. The fourth-order valence-corrected chi connectivity index (χ4v) is 4.14. The zero-order valence-electron chi connectivity index (χ0n) is 12.9. The van der Waals surface area contributed by atoms with Crippen LogP contribution in [0.5, 0.6) is 0 Å². The van der Waals surface area contributed by atoms with E-state index in [0.717, 1.165) is 43.4 Å². The van der Waals surface area contributed by atoms with Gasteiger partial charge in [0.1, 0.15) is 10.8 Å². The predicted molar refractivity (Wildman–Crippen MR) is 87.4 cm³/mol. The van der Waals surface area contributed by atoms with Gasteiger partial charge in [-0.15, -0.1) is 11.3 Å². The van der Waals surface area contributed by atoms with Crippen LogP contribution < -0.4 is 4.90 Å². The molecule has 1 aliphatic heterocycles. The summed E-state index contributed by atoms with van der Waals surface area (Å²) in [4.78, 5) is 15.3. The average molecular weight is 332 g/mol. The lowest BCUT2D eigenvalue weighted by atomic mass is 10.0. The zero-order chi connectivity index (χ0) is 15.5. The molecule has 6 nitrogen and oxygen atoms in total. The Morgan fingerprint density at radius 2 is 2.26 bits per heavy atom. The molecular formula is C16H20N4O2S. The van der Waals surface area contributed by atoms with E-state index >= 15 is 0 Å². The minimum Gasteiger partial charge on any atom is -0.374 e. The molecule has 0 bridgehead atoms. The monoisotopic (exact) mass is 332 g/mol. The van der Waals surface area contributed by atoms with Crippen molar-refractivity contribution in [1.29, 1.82) is 0 Å². The van der Waals surface area contributed by atoms with Crippen LogP contribution >= 0.6 is 11.3 Å². The van der Waals surface area contributed by atoms with Crippen molar-refractivity contribution in [3.05, 3.63) is 35.2 Å². The number of morpholine rings is 1. The SMILES string of the molecule is c1cnc(N2CCO[C@@H]3[C@@H](COCc4nccs4)CC[C@@H]32)cn1. The van der Waals surface area contributed by atoms with Gasteiger partial charge in [-0.1, -0.05) is 0 Å². The van der Waals surface area contributed by atoms with Gasteiger partial charge in [-0.25, -0.2) is 9.97 Å². The fraction of sp³-hybridized carbons (Fsp3) is 0.562. The third kappa shape index (κ3) is 3.22. The van der Waals surface area contributed by atoms with E-state index in [1.807, 2.05) is 17.8 Å². The normalized spacial score (nSPS) is 27.1. The van der Waals surface area contributed by atoms with Gasteiger partial charge in [0.15, 0.2) is 0 Å². The molecule has 0 spiro atoms. The Kier molecular flexibility index (Phi) is 4.50. The molecule has 122 valence electrons. The third-order valence-corrected chi connectivity index (χ3v) is 5.36. The number of thiazole rings is 1. The van der Waals surface area contributed by atoms with E-state index in [9.17, 15) is 0 Å². The van der Waals surface area contributed by atoms with Crippen LogP contribution in [0.15, 0.2) is 30.2 Å². The highest BCUT2D eigenvalue weighted by molar-refractivity contribution is 7.09.